The Morgan fingerprint density at radius 2 is 2.10 bits per heavy atom. The Kier molecular flexibility index (Phi) is 6.96. The van der Waals surface area contributed by atoms with Crippen LogP contribution in [0.1, 0.15) is 56.1 Å². The van der Waals surface area contributed by atoms with Crippen molar-refractivity contribution < 1.29 is 28.6 Å². The summed E-state index contributed by atoms with van der Waals surface area (Å²) in [5.74, 6) is -1.70. The van der Waals surface area contributed by atoms with Gasteiger partial charge in [0.05, 0.1) is 60.9 Å². The molecule has 5 atom stereocenters. The SMILES string of the molecule is C[C@@H](OCC12CCC(CC1)OC2)[C@H](C1N(c2ncco2)CC12CN(C(=O)c1cncs1)CC2C(N)=O)C(C)(C)O. The number of oxazole rings is 1. The maximum atomic E-state index is 13.4. The van der Waals surface area contributed by atoms with Crippen molar-refractivity contribution in [1.82, 2.24) is 14.9 Å². The number of ether oxygens (including phenoxy) is 2. The van der Waals surface area contributed by atoms with Crippen molar-refractivity contribution >= 4 is 29.2 Å². The van der Waals surface area contributed by atoms with Gasteiger partial charge in [0.1, 0.15) is 11.1 Å². The van der Waals surface area contributed by atoms with Gasteiger partial charge in [0, 0.05) is 36.4 Å². The molecule has 2 aromatic heterocycles. The number of amides is 2. The van der Waals surface area contributed by atoms with E-state index in [1.54, 1.807) is 36.7 Å². The summed E-state index contributed by atoms with van der Waals surface area (Å²) in [6, 6.07) is -0.0149. The fourth-order valence-electron chi connectivity index (χ4n) is 7.82. The highest BCUT2D eigenvalue weighted by atomic mass is 32.1. The lowest BCUT2D eigenvalue weighted by molar-refractivity contribution is -0.172. The molecular weight excluding hydrogens is 534 g/mol. The Labute approximate surface area is 238 Å². The zero-order valence-electron chi connectivity index (χ0n) is 23.3. The average molecular weight is 574 g/mol. The quantitative estimate of drug-likeness (QED) is 0.462. The second-order valence-corrected chi connectivity index (χ2v) is 13.7. The second-order valence-electron chi connectivity index (χ2n) is 12.8. The van der Waals surface area contributed by atoms with Crippen LogP contribution in [0, 0.1) is 22.7 Å². The molecule has 5 aliphatic rings. The minimum Gasteiger partial charge on any atom is -0.432 e. The van der Waals surface area contributed by atoms with Crippen LogP contribution in [0.5, 0.6) is 0 Å². The van der Waals surface area contributed by atoms with Gasteiger partial charge < -0.3 is 34.5 Å². The van der Waals surface area contributed by atoms with Crippen LogP contribution in [0.4, 0.5) is 6.01 Å². The first-order valence-electron chi connectivity index (χ1n) is 14.1. The number of hydrogen-bond acceptors (Lipinski definition) is 10. The number of hydrogen-bond donors (Lipinski definition) is 2. The van der Waals surface area contributed by atoms with Crippen LogP contribution in [0.3, 0.4) is 0 Å². The molecule has 3 N–H and O–H groups in total. The number of nitrogens with two attached hydrogens (primary N) is 1. The molecular formula is C28H39N5O6S. The molecule has 4 saturated heterocycles. The highest BCUT2D eigenvalue weighted by Gasteiger charge is 2.68. The van der Waals surface area contributed by atoms with Gasteiger partial charge in [0.25, 0.3) is 11.9 Å². The second kappa shape index (κ2) is 10.1. The number of carbonyl (C=O) groups is 2. The molecule has 2 aromatic rings. The molecule has 4 aliphatic heterocycles. The number of anilines is 1. The first-order chi connectivity index (χ1) is 19.0. The minimum absolute atomic E-state index is 0.00616. The highest BCUT2D eigenvalue weighted by molar-refractivity contribution is 7.11. The molecule has 1 spiro atoms. The molecule has 218 valence electrons. The summed E-state index contributed by atoms with van der Waals surface area (Å²) in [6.45, 7) is 7.72. The van der Waals surface area contributed by atoms with E-state index in [9.17, 15) is 14.7 Å². The van der Waals surface area contributed by atoms with E-state index in [1.165, 1.54) is 17.6 Å². The summed E-state index contributed by atoms with van der Waals surface area (Å²) in [6.07, 6.45) is 8.89. The predicted octanol–water partition coefficient (Wildman–Crippen LogP) is 2.32. The Balaban J connectivity index is 1.32. The number of likely N-dealkylation sites (tertiary alicyclic amines) is 1. The third-order valence-electron chi connectivity index (χ3n) is 9.84. The zero-order chi connectivity index (χ0) is 28.3. The molecule has 1 aliphatic carbocycles. The lowest BCUT2D eigenvalue weighted by Crippen LogP contribution is -2.75. The monoisotopic (exact) mass is 573 g/mol. The zero-order valence-corrected chi connectivity index (χ0v) is 24.1. The largest absolute Gasteiger partial charge is 0.432 e. The van der Waals surface area contributed by atoms with Crippen molar-refractivity contribution in [2.75, 3.05) is 37.7 Å². The topological polar surface area (TPSA) is 144 Å². The van der Waals surface area contributed by atoms with Crippen LogP contribution in [0.25, 0.3) is 0 Å². The third kappa shape index (κ3) is 4.62. The van der Waals surface area contributed by atoms with Crippen LogP contribution in [-0.4, -0.2) is 88.5 Å². The number of carbonyl (C=O) groups excluding carboxylic acids is 2. The molecule has 0 radical (unpaired) electrons. The number of thiazole rings is 1. The fraction of sp³-hybridized carbons (Fsp3) is 0.714. The van der Waals surface area contributed by atoms with Gasteiger partial charge >= 0.3 is 0 Å². The van der Waals surface area contributed by atoms with E-state index < -0.39 is 34.8 Å². The summed E-state index contributed by atoms with van der Waals surface area (Å²) in [7, 11) is 0. The van der Waals surface area contributed by atoms with Crippen LogP contribution in [0.15, 0.2) is 28.6 Å². The lowest BCUT2D eigenvalue weighted by Gasteiger charge is -2.62. The van der Waals surface area contributed by atoms with Crippen LogP contribution in [0.2, 0.25) is 0 Å². The van der Waals surface area contributed by atoms with E-state index in [0.29, 0.717) is 43.3 Å². The van der Waals surface area contributed by atoms with Gasteiger partial charge in [-0.3, -0.25) is 14.6 Å². The molecule has 3 unspecified atom stereocenters. The number of fused-ring (bicyclic) bond motifs is 3. The summed E-state index contributed by atoms with van der Waals surface area (Å²) < 4.78 is 18.3. The van der Waals surface area contributed by atoms with Crippen molar-refractivity contribution in [3.8, 4) is 0 Å². The summed E-state index contributed by atoms with van der Waals surface area (Å²) >= 11 is 1.27. The first kappa shape index (κ1) is 27.6. The van der Waals surface area contributed by atoms with E-state index in [0.717, 1.165) is 25.7 Å². The number of primary amides is 1. The summed E-state index contributed by atoms with van der Waals surface area (Å²) in [5, 5.41) is 11.7. The molecule has 5 fully saturated rings. The molecule has 2 bridgehead atoms. The van der Waals surface area contributed by atoms with Gasteiger partial charge in [-0.05, 0) is 46.5 Å². The van der Waals surface area contributed by atoms with E-state index in [2.05, 4.69) is 9.97 Å². The Bertz CT molecular complexity index is 1190. The van der Waals surface area contributed by atoms with Crippen LogP contribution >= 0.6 is 11.3 Å². The van der Waals surface area contributed by atoms with E-state index in [4.69, 9.17) is 19.6 Å². The fourth-order valence-corrected chi connectivity index (χ4v) is 8.41. The number of aromatic nitrogens is 2. The van der Waals surface area contributed by atoms with Gasteiger partial charge in [0.15, 0.2) is 0 Å². The predicted molar refractivity (Wildman–Crippen MR) is 147 cm³/mol. The van der Waals surface area contributed by atoms with Crippen molar-refractivity contribution in [1.29, 1.82) is 0 Å². The number of nitrogens with zero attached hydrogens (tertiary/aromatic N) is 4. The van der Waals surface area contributed by atoms with Crippen molar-refractivity contribution in [2.24, 2.45) is 28.4 Å². The molecule has 0 aromatic carbocycles. The van der Waals surface area contributed by atoms with Crippen molar-refractivity contribution in [2.45, 2.75) is 70.3 Å². The Morgan fingerprint density at radius 3 is 2.67 bits per heavy atom. The highest BCUT2D eigenvalue weighted by Crippen LogP contribution is 2.56. The Morgan fingerprint density at radius 1 is 1.32 bits per heavy atom. The maximum absolute atomic E-state index is 13.4. The summed E-state index contributed by atoms with van der Waals surface area (Å²) in [5.41, 5.74) is 5.72. The van der Waals surface area contributed by atoms with E-state index >= 15 is 0 Å². The van der Waals surface area contributed by atoms with Gasteiger partial charge in [-0.2, -0.15) is 0 Å². The standard InChI is InChI=1S/C28H39N5O6S/c1-17(38-14-27-6-4-18(5-7-27)39-15-27)21(26(2,3)36)22-28(13-33(22)25-31-8-9-37-25)12-32(11-19(28)23(29)34)24(35)20-10-30-16-40-20/h8-10,16-19,21-22,36H,4-7,11-15H2,1-3H3,(H2,29,34)/t17-,18?,19?,21-,22?,27?,28?/m1/s1. The molecule has 6 heterocycles. The summed E-state index contributed by atoms with van der Waals surface area (Å²) in [4.78, 5) is 39.0. The molecule has 40 heavy (non-hydrogen) atoms. The smallest absolute Gasteiger partial charge is 0.297 e. The maximum Gasteiger partial charge on any atom is 0.297 e. The lowest BCUT2D eigenvalue weighted by atomic mass is 9.57. The van der Waals surface area contributed by atoms with Crippen LogP contribution < -0.4 is 10.6 Å². The number of aliphatic hydroxyl groups is 1. The normalized spacial score (nSPS) is 33.2. The molecule has 11 nitrogen and oxygen atoms in total. The van der Waals surface area contributed by atoms with Gasteiger partial charge in [-0.15, -0.1) is 11.3 Å². The van der Waals surface area contributed by atoms with Crippen LogP contribution in [-0.2, 0) is 14.3 Å². The van der Waals surface area contributed by atoms with Gasteiger partial charge in [-0.25, -0.2) is 4.98 Å². The molecule has 1 saturated carbocycles. The molecule has 2 amide bonds. The third-order valence-corrected chi connectivity index (χ3v) is 10.6. The molecule has 7 rings (SSSR count). The van der Waals surface area contributed by atoms with E-state index in [1.807, 2.05) is 11.8 Å². The van der Waals surface area contributed by atoms with Crippen molar-refractivity contribution in [3.63, 3.8) is 0 Å². The van der Waals surface area contributed by atoms with E-state index in [-0.39, 0.29) is 24.0 Å². The molecule has 12 heteroatoms. The number of rotatable bonds is 9. The Hall–Kier alpha value is -2.54. The van der Waals surface area contributed by atoms with Crippen molar-refractivity contribution in [3.05, 3.63) is 29.0 Å². The van der Waals surface area contributed by atoms with Gasteiger partial charge in [0.2, 0.25) is 5.91 Å². The van der Waals surface area contributed by atoms with Gasteiger partial charge in [-0.1, -0.05) is 0 Å². The average Bonchev–Trinajstić information content (AvgIpc) is 3.71. The minimum atomic E-state index is -1.20. The first-order valence-corrected chi connectivity index (χ1v) is 15.0.